The first kappa shape index (κ1) is 24.5. The number of hydrogen-bond acceptors (Lipinski definition) is 4. The van der Waals surface area contributed by atoms with Gasteiger partial charge in [0.05, 0.1) is 6.61 Å². The van der Waals surface area contributed by atoms with E-state index in [9.17, 15) is 4.79 Å². The quantitative estimate of drug-likeness (QED) is 0.202. The van der Waals surface area contributed by atoms with Crippen molar-refractivity contribution in [3.05, 3.63) is 48.0 Å². The average Bonchev–Trinajstić information content (AvgIpc) is 2.86. The smallest absolute Gasteiger partial charge is 0.308 e. The van der Waals surface area contributed by atoms with Crippen LogP contribution in [0.1, 0.15) is 108 Å². The summed E-state index contributed by atoms with van der Waals surface area (Å²) >= 11 is 0. The molecule has 1 aromatic rings. The normalized spacial score (nSPS) is 31.3. The molecule has 2 bridgehead atoms. The fourth-order valence-electron chi connectivity index (χ4n) is 6.22. The lowest BCUT2D eigenvalue weighted by Crippen LogP contribution is -2.44. The highest BCUT2D eigenvalue weighted by Gasteiger charge is 2.48. The number of rotatable bonds is 11. The van der Waals surface area contributed by atoms with E-state index in [1.54, 1.807) is 0 Å². The number of carbonyl (C=O) groups is 1. The Morgan fingerprint density at radius 3 is 2.36 bits per heavy atom. The van der Waals surface area contributed by atoms with E-state index < -0.39 is 6.29 Å². The zero-order valence-electron chi connectivity index (χ0n) is 20.5. The molecule has 4 nitrogen and oxygen atoms in total. The van der Waals surface area contributed by atoms with Crippen molar-refractivity contribution in [3.8, 4) is 0 Å². The molecule has 33 heavy (non-hydrogen) atoms. The van der Waals surface area contributed by atoms with Crippen LogP contribution in [0.15, 0.2) is 36.9 Å². The molecule has 2 atom stereocenters. The summed E-state index contributed by atoms with van der Waals surface area (Å²) in [7, 11) is 0. The monoisotopic (exact) mass is 454 g/mol. The van der Waals surface area contributed by atoms with Gasteiger partial charge in [0, 0.05) is 6.42 Å². The number of carbonyl (C=O) groups excluding carboxylic acids is 1. The van der Waals surface area contributed by atoms with Gasteiger partial charge in [-0.05, 0) is 79.7 Å². The SMILES string of the molecule is C=CCCCC(=O)O[C@H]1CO[C@H](c2ccc(C34CCC(CCCCC)(CC3)CC4)cc2)CO1. The summed E-state index contributed by atoms with van der Waals surface area (Å²) in [6.45, 7) is 6.67. The topological polar surface area (TPSA) is 44.8 Å². The van der Waals surface area contributed by atoms with Crippen molar-refractivity contribution in [1.29, 1.82) is 0 Å². The van der Waals surface area contributed by atoms with Crippen molar-refractivity contribution < 1.29 is 19.0 Å². The molecular weight excluding hydrogens is 412 g/mol. The van der Waals surface area contributed by atoms with Gasteiger partial charge in [-0.25, -0.2) is 0 Å². The van der Waals surface area contributed by atoms with E-state index in [2.05, 4.69) is 37.8 Å². The van der Waals surface area contributed by atoms with Gasteiger partial charge in [-0.2, -0.15) is 0 Å². The Bertz CT molecular complexity index is 751. The molecule has 182 valence electrons. The van der Waals surface area contributed by atoms with Crippen LogP contribution in [0, 0.1) is 5.41 Å². The maximum Gasteiger partial charge on any atom is 0.308 e. The second kappa shape index (κ2) is 11.2. The summed E-state index contributed by atoms with van der Waals surface area (Å²) in [5.74, 6) is -0.234. The second-order valence-electron chi connectivity index (χ2n) is 10.6. The molecule has 0 unspecified atom stereocenters. The highest BCUT2D eigenvalue weighted by atomic mass is 16.7. The minimum absolute atomic E-state index is 0.101. The van der Waals surface area contributed by atoms with Crippen LogP contribution >= 0.6 is 0 Å². The molecule has 1 aromatic carbocycles. The Kier molecular flexibility index (Phi) is 8.29. The van der Waals surface area contributed by atoms with E-state index in [1.165, 1.54) is 69.8 Å². The molecule has 1 aliphatic heterocycles. The average molecular weight is 455 g/mol. The molecule has 0 N–H and O–H groups in total. The Morgan fingerprint density at radius 1 is 1.03 bits per heavy atom. The van der Waals surface area contributed by atoms with Gasteiger partial charge in [0.1, 0.15) is 12.7 Å². The van der Waals surface area contributed by atoms with Crippen molar-refractivity contribution in [2.45, 2.75) is 108 Å². The van der Waals surface area contributed by atoms with E-state index >= 15 is 0 Å². The highest BCUT2D eigenvalue weighted by Crippen LogP contribution is 2.59. The van der Waals surface area contributed by atoms with Crippen LogP contribution in [0.3, 0.4) is 0 Å². The molecular formula is C29H42O4. The summed E-state index contributed by atoms with van der Waals surface area (Å²) in [5, 5.41) is 0. The molecule has 0 spiro atoms. The molecule has 4 heteroatoms. The number of benzene rings is 1. The van der Waals surface area contributed by atoms with E-state index in [0.717, 1.165) is 18.4 Å². The third kappa shape index (κ3) is 5.89. The minimum Gasteiger partial charge on any atom is -0.433 e. The molecule has 0 amide bonds. The fraction of sp³-hybridized carbons (Fsp3) is 0.690. The molecule has 3 aliphatic carbocycles. The van der Waals surface area contributed by atoms with Crippen molar-refractivity contribution in [3.63, 3.8) is 0 Å². The van der Waals surface area contributed by atoms with E-state index in [4.69, 9.17) is 14.2 Å². The zero-order valence-corrected chi connectivity index (χ0v) is 20.5. The van der Waals surface area contributed by atoms with Gasteiger partial charge in [-0.3, -0.25) is 4.79 Å². The Morgan fingerprint density at radius 2 is 1.76 bits per heavy atom. The summed E-state index contributed by atoms with van der Waals surface area (Å²) in [6.07, 6.45) is 16.9. The first-order valence-corrected chi connectivity index (χ1v) is 13.2. The van der Waals surface area contributed by atoms with Crippen LogP contribution in [-0.2, 0) is 24.4 Å². The molecule has 3 saturated carbocycles. The lowest BCUT2D eigenvalue weighted by Gasteiger charge is -2.54. The molecule has 4 aliphatic rings. The molecule has 1 heterocycles. The Balaban J connectivity index is 1.26. The highest BCUT2D eigenvalue weighted by molar-refractivity contribution is 5.69. The van der Waals surface area contributed by atoms with Crippen molar-refractivity contribution in [2.24, 2.45) is 5.41 Å². The molecule has 0 radical (unpaired) electrons. The largest absolute Gasteiger partial charge is 0.433 e. The predicted molar refractivity (Wildman–Crippen MR) is 131 cm³/mol. The van der Waals surface area contributed by atoms with E-state index in [-0.39, 0.29) is 18.7 Å². The number of allylic oxidation sites excluding steroid dienone is 1. The number of fused-ring (bicyclic) bond motifs is 3. The van der Waals surface area contributed by atoms with Gasteiger partial charge in [0.15, 0.2) is 0 Å². The van der Waals surface area contributed by atoms with Crippen LogP contribution in [0.25, 0.3) is 0 Å². The van der Waals surface area contributed by atoms with Crippen molar-refractivity contribution >= 4 is 5.97 Å². The molecule has 0 aromatic heterocycles. The lowest BCUT2D eigenvalue weighted by molar-refractivity contribution is -0.233. The Labute approximate surface area is 200 Å². The third-order valence-electron chi connectivity index (χ3n) is 8.53. The summed E-state index contributed by atoms with van der Waals surface area (Å²) in [5.41, 5.74) is 3.69. The summed E-state index contributed by atoms with van der Waals surface area (Å²) < 4.78 is 17.1. The lowest BCUT2D eigenvalue weighted by atomic mass is 9.51. The fourth-order valence-corrected chi connectivity index (χ4v) is 6.22. The molecule has 4 fully saturated rings. The third-order valence-corrected chi connectivity index (χ3v) is 8.53. The van der Waals surface area contributed by atoms with Crippen LogP contribution in [0.4, 0.5) is 0 Å². The number of ether oxygens (including phenoxy) is 3. The summed E-state index contributed by atoms with van der Waals surface area (Å²) in [4.78, 5) is 11.9. The number of hydrogen-bond donors (Lipinski definition) is 0. The van der Waals surface area contributed by atoms with Gasteiger partial charge in [0.25, 0.3) is 0 Å². The maximum atomic E-state index is 11.9. The van der Waals surface area contributed by atoms with E-state index in [0.29, 0.717) is 23.9 Å². The Hall–Kier alpha value is -1.65. The van der Waals surface area contributed by atoms with Gasteiger partial charge in [-0.1, -0.05) is 56.5 Å². The van der Waals surface area contributed by atoms with Crippen LogP contribution in [-0.4, -0.2) is 25.5 Å². The van der Waals surface area contributed by atoms with Crippen molar-refractivity contribution in [2.75, 3.05) is 13.2 Å². The summed E-state index contributed by atoms with van der Waals surface area (Å²) in [6, 6.07) is 9.11. The second-order valence-corrected chi connectivity index (χ2v) is 10.6. The van der Waals surface area contributed by atoms with E-state index in [1.807, 2.05) is 6.08 Å². The maximum absolute atomic E-state index is 11.9. The van der Waals surface area contributed by atoms with Crippen LogP contribution < -0.4 is 0 Å². The molecule has 5 rings (SSSR count). The van der Waals surface area contributed by atoms with Gasteiger partial charge in [0.2, 0.25) is 6.29 Å². The first-order chi connectivity index (χ1) is 16.1. The van der Waals surface area contributed by atoms with Crippen LogP contribution in [0.2, 0.25) is 0 Å². The molecule has 1 saturated heterocycles. The predicted octanol–water partition coefficient (Wildman–Crippen LogP) is 7.17. The minimum atomic E-state index is -0.599. The van der Waals surface area contributed by atoms with Crippen LogP contribution in [0.5, 0.6) is 0 Å². The van der Waals surface area contributed by atoms with Gasteiger partial charge in [-0.15, -0.1) is 6.58 Å². The number of unbranched alkanes of at least 4 members (excludes halogenated alkanes) is 3. The van der Waals surface area contributed by atoms with Gasteiger partial charge >= 0.3 is 5.97 Å². The van der Waals surface area contributed by atoms with Gasteiger partial charge < -0.3 is 14.2 Å². The standard InChI is InChI=1S/C29H42O4/c1-3-5-7-9-26(30)33-27-22-31-25(21-32-27)23-10-12-24(13-11-23)29-18-15-28(16-19-29,17-20-29)14-8-6-4-2/h3,10-13,25,27H,1,4-9,14-22H2,2H3/t25-,27-,28?,29?/m0/s1. The number of esters is 1. The first-order valence-electron chi connectivity index (χ1n) is 13.2. The zero-order chi connectivity index (χ0) is 23.2. The van der Waals surface area contributed by atoms with Crippen molar-refractivity contribution in [1.82, 2.24) is 0 Å².